The van der Waals surface area contributed by atoms with Gasteiger partial charge in [-0.05, 0) is 5.56 Å². The van der Waals surface area contributed by atoms with Crippen molar-refractivity contribution in [3.05, 3.63) is 48.5 Å². The van der Waals surface area contributed by atoms with E-state index < -0.39 is 31.1 Å². The van der Waals surface area contributed by atoms with Gasteiger partial charge in [-0.1, -0.05) is 30.3 Å². The number of nitrogens with zero attached hydrogens (tertiary/aromatic N) is 4. The van der Waals surface area contributed by atoms with Gasteiger partial charge >= 0.3 is 0 Å². The van der Waals surface area contributed by atoms with Crippen LogP contribution in [0.15, 0.2) is 43.0 Å². The van der Waals surface area contributed by atoms with Crippen LogP contribution < -0.4 is 5.32 Å². The minimum Gasteiger partial charge on any atom is -0.394 e. The number of aliphatic hydroxyl groups excluding tert-OH is 3. The predicted octanol–water partition coefficient (Wildman–Crippen LogP) is 0.0240. The molecular formula is C18H21N5O5. The highest BCUT2D eigenvalue weighted by Crippen LogP contribution is 2.32. The van der Waals surface area contributed by atoms with Crippen LogP contribution in [-0.2, 0) is 16.1 Å². The molecule has 3 heterocycles. The Labute approximate surface area is 160 Å². The Bertz CT molecular complexity index is 921. The summed E-state index contributed by atoms with van der Waals surface area (Å²) in [6.07, 6.45) is -1.37. The largest absolute Gasteiger partial charge is 0.394 e. The summed E-state index contributed by atoms with van der Waals surface area (Å²) in [4.78, 5) is 12.7. The number of aromatic nitrogens is 4. The van der Waals surface area contributed by atoms with Crippen LogP contribution in [0.3, 0.4) is 0 Å². The number of ether oxygens (including phenoxy) is 2. The summed E-state index contributed by atoms with van der Waals surface area (Å²) in [5.41, 5.74) is 1.96. The fourth-order valence-corrected chi connectivity index (χ4v) is 3.14. The molecule has 148 valence electrons. The zero-order chi connectivity index (χ0) is 19.5. The Morgan fingerprint density at radius 2 is 1.93 bits per heavy atom. The van der Waals surface area contributed by atoms with Gasteiger partial charge in [0.05, 0.1) is 19.5 Å². The maximum Gasteiger partial charge on any atom is 0.167 e. The van der Waals surface area contributed by atoms with E-state index in [9.17, 15) is 15.3 Å². The van der Waals surface area contributed by atoms with Crippen LogP contribution in [0.5, 0.6) is 0 Å². The van der Waals surface area contributed by atoms with Crippen molar-refractivity contribution in [2.45, 2.75) is 31.1 Å². The van der Waals surface area contributed by atoms with Crippen molar-refractivity contribution in [2.75, 3.05) is 18.7 Å². The average molecular weight is 387 g/mol. The van der Waals surface area contributed by atoms with Gasteiger partial charge in [0.25, 0.3) is 0 Å². The van der Waals surface area contributed by atoms with E-state index in [1.807, 2.05) is 30.3 Å². The van der Waals surface area contributed by atoms with Gasteiger partial charge in [0.1, 0.15) is 31.4 Å². The van der Waals surface area contributed by atoms with Crippen LogP contribution >= 0.6 is 0 Å². The minimum absolute atomic E-state index is 0.224. The van der Waals surface area contributed by atoms with Crippen molar-refractivity contribution in [3.63, 3.8) is 0 Å². The minimum atomic E-state index is -1.21. The summed E-state index contributed by atoms with van der Waals surface area (Å²) in [6.45, 7) is 0.280. The Balaban J connectivity index is 1.46. The lowest BCUT2D eigenvalue weighted by molar-refractivity contribution is -0.0511. The summed E-state index contributed by atoms with van der Waals surface area (Å²) < 4.78 is 12.7. The Morgan fingerprint density at radius 1 is 1.11 bits per heavy atom. The lowest BCUT2D eigenvalue weighted by Crippen LogP contribution is -2.33. The third-order valence-corrected chi connectivity index (χ3v) is 4.60. The third kappa shape index (κ3) is 3.55. The molecule has 0 unspecified atom stereocenters. The van der Waals surface area contributed by atoms with Crippen LogP contribution in [0.4, 0.5) is 5.82 Å². The van der Waals surface area contributed by atoms with Gasteiger partial charge in [-0.2, -0.15) is 0 Å². The van der Waals surface area contributed by atoms with Crippen molar-refractivity contribution >= 4 is 17.0 Å². The van der Waals surface area contributed by atoms with Crippen LogP contribution in [0, 0.1) is 0 Å². The van der Waals surface area contributed by atoms with Crippen LogP contribution in [0.25, 0.3) is 11.2 Å². The maximum atomic E-state index is 10.2. The summed E-state index contributed by atoms with van der Waals surface area (Å²) in [6, 6.07) is 9.80. The standard InChI is InChI=1S/C18H21N5O5/c24-6-12-14(25)15(26)18(28-12)23-9-21-13-16(19-8-20-17(13)23)22-10-27-7-11-4-2-1-3-5-11/h1-5,8-9,12,14-15,18,24-26H,6-7,10H2,(H,19,20,22)/t12-,14-,15-,18-/m1/s1. The smallest absolute Gasteiger partial charge is 0.167 e. The van der Waals surface area contributed by atoms with Crippen molar-refractivity contribution in [2.24, 2.45) is 0 Å². The van der Waals surface area contributed by atoms with Gasteiger partial charge in [-0.3, -0.25) is 4.57 Å². The molecule has 0 aliphatic carbocycles. The first kappa shape index (κ1) is 18.7. The molecule has 4 N–H and O–H groups in total. The molecule has 2 aromatic heterocycles. The van der Waals surface area contributed by atoms with Crippen molar-refractivity contribution in [1.82, 2.24) is 19.5 Å². The zero-order valence-corrected chi connectivity index (χ0v) is 14.9. The fraction of sp³-hybridized carbons (Fsp3) is 0.389. The van der Waals surface area contributed by atoms with Crippen LogP contribution in [-0.4, -0.2) is 66.5 Å². The highest BCUT2D eigenvalue weighted by atomic mass is 16.6. The topological polar surface area (TPSA) is 135 Å². The van der Waals surface area contributed by atoms with E-state index in [4.69, 9.17) is 9.47 Å². The quantitative estimate of drug-likeness (QED) is 0.327. The lowest BCUT2D eigenvalue weighted by atomic mass is 10.1. The van der Waals surface area contributed by atoms with Gasteiger partial charge in [0.2, 0.25) is 0 Å². The zero-order valence-electron chi connectivity index (χ0n) is 14.9. The lowest BCUT2D eigenvalue weighted by Gasteiger charge is -2.16. The SMILES string of the molecule is OC[C@H]1O[C@@H](n2cnc3c(NCOCc4ccccc4)ncnc32)[C@H](O)[C@@H]1O. The summed E-state index contributed by atoms with van der Waals surface area (Å²) in [5, 5.41) is 32.5. The van der Waals surface area contributed by atoms with Gasteiger partial charge < -0.3 is 30.1 Å². The number of imidazole rings is 1. The fourth-order valence-electron chi connectivity index (χ4n) is 3.14. The Kier molecular flexibility index (Phi) is 5.46. The number of benzene rings is 1. The van der Waals surface area contributed by atoms with E-state index in [0.717, 1.165) is 5.56 Å². The molecule has 1 fully saturated rings. The molecule has 1 aromatic carbocycles. The number of aliphatic hydroxyl groups is 3. The summed E-state index contributed by atoms with van der Waals surface area (Å²) in [7, 11) is 0. The molecule has 0 bridgehead atoms. The van der Waals surface area contributed by atoms with E-state index in [-0.39, 0.29) is 6.73 Å². The van der Waals surface area contributed by atoms with Crippen molar-refractivity contribution < 1.29 is 24.8 Å². The molecular weight excluding hydrogens is 366 g/mol. The molecule has 4 atom stereocenters. The summed E-state index contributed by atoms with van der Waals surface area (Å²) in [5.74, 6) is 0.476. The maximum absolute atomic E-state index is 10.2. The molecule has 0 amide bonds. The first-order valence-corrected chi connectivity index (χ1v) is 8.84. The number of rotatable bonds is 7. The van der Waals surface area contributed by atoms with Gasteiger partial charge in [-0.15, -0.1) is 0 Å². The van der Waals surface area contributed by atoms with Crippen molar-refractivity contribution in [3.8, 4) is 0 Å². The number of hydrogen-bond donors (Lipinski definition) is 4. The third-order valence-electron chi connectivity index (χ3n) is 4.60. The molecule has 0 saturated carbocycles. The highest BCUT2D eigenvalue weighted by Gasteiger charge is 2.44. The molecule has 1 aliphatic heterocycles. The van der Waals surface area contributed by atoms with E-state index in [1.165, 1.54) is 17.2 Å². The van der Waals surface area contributed by atoms with E-state index in [1.54, 1.807) is 0 Å². The normalized spacial score (nSPS) is 24.7. The molecule has 1 aliphatic rings. The second-order valence-electron chi connectivity index (χ2n) is 6.43. The molecule has 0 spiro atoms. The molecule has 0 radical (unpaired) electrons. The predicted molar refractivity (Wildman–Crippen MR) is 98.1 cm³/mol. The van der Waals surface area contributed by atoms with Gasteiger partial charge in [-0.25, -0.2) is 15.0 Å². The number of anilines is 1. The first-order chi connectivity index (χ1) is 13.7. The molecule has 10 heteroatoms. The average Bonchev–Trinajstić information content (AvgIpc) is 3.28. The van der Waals surface area contributed by atoms with Crippen LogP contribution in [0.2, 0.25) is 0 Å². The molecule has 4 rings (SSSR count). The Hall–Kier alpha value is -2.63. The van der Waals surface area contributed by atoms with Gasteiger partial charge in [0, 0.05) is 0 Å². The van der Waals surface area contributed by atoms with E-state index >= 15 is 0 Å². The number of fused-ring (bicyclic) bond motifs is 1. The highest BCUT2D eigenvalue weighted by molar-refractivity contribution is 5.82. The molecule has 1 saturated heterocycles. The van der Waals surface area contributed by atoms with E-state index in [2.05, 4.69) is 20.3 Å². The first-order valence-electron chi connectivity index (χ1n) is 8.84. The van der Waals surface area contributed by atoms with Gasteiger partial charge in [0.15, 0.2) is 23.2 Å². The van der Waals surface area contributed by atoms with E-state index in [0.29, 0.717) is 23.6 Å². The molecule has 3 aromatic rings. The number of nitrogens with one attached hydrogen (secondary N) is 1. The van der Waals surface area contributed by atoms with Crippen LogP contribution in [0.1, 0.15) is 11.8 Å². The second kappa shape index (κ2) is 8.17. The summed E-state index contributed by atoms with van der Waals surface area (Å²) >= 11 is 0. The molecule has 28 heavy (non-hydrogen) atoms. The Morgan fingerprint density at radius 3 is 2.68 bits per heavy atom. The van der Waals surface area contributed by atoms with Crippen molar-refractivity contribution in [1.29, 1.82) is 0 Å². The number of hydrogen-bond acceptors (Lipinski definition) is 9. The monoisotopic (exact) mass is 387 g/mol. The second-order valence-corrected chi connectivity index (χ2v) is 6.43. The molecule has 10 nitrogen and oxygen atoms in total.